The molecule has 0 amide bonds. The van der Waals surface area contributed by atoms with E-state index in [4.69, 9.17) is 0 Å². The molecule has 138 valence electrons. The molecule has 1 aromatic rings. The van der Waals surface area contributed by atoms with E-state index in [1.165, 1.54) is 4.00 Å². The number of H-pyrrole nitrogens is 1. The standard InChI is InChI=1S/C5H5.C4H4N.2C4H9.C3H6.2ClH.Ti/c2*1-2-4-5-3-1;2*1-4(2)3;1-3-2;;;/h1-3H,4H2;1-3,5H;2*1-3H3;1-2H3;2*1H;. The van der Waals surface area contributed by atoms with Crippen LogP contribution in [-0.4, -0.2) is 8.80 Å². The molecule has 0 saturated heterocycles. The smallest absolute Gasteiger partial charge is 0.147 e. The summed E-state index contributed by atoms with van der Waals surface area (Å²) in [6.07, 6.45) is 10.3. The molecule has 1 aromatic heterocycles. The van der Waals surface area contributed by atoms with Crippen LogP contribution in [0.4, 0.5) is 0 Å². The van der Waals surface area contributed by atoms with Gasteiger partial charge in [-0.05, 0) is 0 Å². The Morgan fingerprint density at radius 1 is 1.00 bits per heavy atom. The van der Waals surface area contributed by atoms with Gasteiger partial charge in [0.2, 0.25) is 0 Å². The van der Waals surface area contributed by atoms with Gasteiger partial charge in [0.1, 0.15) is 0 Å². The maximum atomic E-state index is 3.69. The summed E-state index contributed by atoms with van der Waals surface area (Å²) in [5, 5.41) is 0. The Balaban J connectivity index is 0.00000264. The summed E-state index contributed by atoms with van der Waals surface area (Å²) < 4.78 is 5.29. The first kappa shape index (κ1) is 23.9. The van der Waals surface area contributed by atoms with Crippen molar-refractivity contribution in [3.8, 4) is 0 Å². The van der Waals surface area contributed by atoms with Gasteiger partial charge in [-0.3, -0.25) is 0 Å². The fraction of sp³-hybridized carbons (Fsp3) is 0.550. The predicted octanol–water partition coefficient (Wildman–Crippen LogP) is 6.67. The fourth-order valence-corrected chi connectivity index (χ4v) is 25.5. The quantitative estimate of drug-likeness (QED) is 0.527. The molecule has 4 heteroatoms. The van der Waals surface area contributed by atoms with E-state index in [9.17, 15) is 0 Å². The van der Waals surface area contributed by atoms with Gasteiger partial charge in [0.05, 0.1) is 0 Å². The second kappa shape index (κ2) is 7.27. The third-order valence-electron chi connectivity index (χ3n) is 6.55. The zero-order valence-corrected chi connectivity index (χ0v) is 19.7. The summed E-state index contributed by atoms with van der Waals surface area (Å²) >= 11 is -3.51. The molecular formula is C20H35Cl2NTi. The zero-order valence-electron chi connectivity index (χ0n) is 16.5. The fourth-order valence-electron chi connectivity index (χ4n) is 6.62. The molecule has 0 aliphatic heterocycles. The van der Waals surface area contributed by atoms with Crippen LogP contribution in [0.2, 0.25) is 7.44 Å². The minimum absolute atomic E-state index is 0. The van der Waals surface area contributed by atoms with Crippen LogP contribution >= 0.6 is 24.8 Å². The summed E-state index contributed by atoms with van der Waals surface area (Å²) in [5.74, 6) is 0. The predicted molar refractivity (Wildman–Crippen MR) is 113 cm³/mol. The van der Waals surface area contributed by atoms with Crippen molar-refractivity contribution in [3.05, 3.63) is 40.4 Å². The van der Waals surface area contributed by atoms with Crippen LogP contribution in [0.25, 0.3) is 0 Å². The van der Waals surface area contributed by atoms with Gasteiger partial charge in [-0.25, -0.2) is 0 Å². The SMILES string of the molecule is C[C](C)=[Ti]([C]1=CC=CC1)([c]1ccc[nH]1)([C](C)(C)C)[C](C)(C)C.Cl.Cl. The van der Waals surface area contributed by atoms with Crippen LogP contribution in [0, 0.1) is 0 Å². The van der Waals surface area contributed by atoms with Gasteiger partial charge < -0.3 is 0 Å². The molecule has 1 heterocycles. The van der Waals surface area contributed by atoms with Crippen LogP contribution < -0.4 is 4.00 Å². The molecule has 0 spiro atoms. The molecule has 0 atom stereocenters. The molecule has 24 heavy (non-hydrogen) atoms. The third kappa shape index (κ3) is 2.50. The monoisotopic (exact) mass is 407 g/mol. The second-order valence-electron chi connectivity index (χ2n) is 9.16. The molecule has 1 N–H and O–H groups in total. The summed E-state index contributed by atoms with van der Waals surface area (Å²) in [4.78, 5) is 3.69. The first-order chi connectivity index (χ1) is 10.0. The Hall–Kier alpha value is -0.0757. The maximum Gasteiger partial charge on any atom is -0.147 e. The summed E-state index contributed by atoms with van der Waals surface area (Å²) in [7, 11) is 0. The van der Waals surface area contributed by atoms with E-state index < -0.39 is 14.8 Å². The minimum Gasteiger partial charge on any atom is -0.147 e. The Kier molecular flexibility index (Phi) is 7.25. The molecule has 2 rings (SSSR count). The van der Waals surface area contributed by atoms with Gasteiger partial charge in [0.15, 0.2) is 0 Å². The number of allylic oxidation sites excluding steroid dienone is 4. The molecule has 0 bridgehead atoms. The molecule has 0 saturated carbocycles. The van der Waals surface area contributed by atoms with Crippen molar-refractivity contribution in [3.63, 3.8) is 0 Å². The van der Waals surface area contributed by atoms with E-state index in [0.29, 0.717) is 0 Å². The third-order valence-corrected chi connectivity index (χ3v) is 23.8. The van der Waals surface area contributed by atoms with E-state index in [0.717, 1.165) is 6.42 Å². The van der Waals surface area contributed by atoms with Crippen LogP contribution in [0.3, 0.4) is 0 Å². The largest absolute Gasteiger partial charge is 0.147 e. The van der Waals surface area contributed by atoms with Gasteiger partial charge >= 0.3 is 137 Å². The van der Waals surface area contributed by atoms with E-state index in [1.807, 2.05) is 0 Å². The van der Waals surface area contributed by atoms with Crippen molar-refractivity contribution in [1.29, 1.82) is 0 Å². The van der Waals surface area contributed by atoms with Crippen LogP contribution in [0.1, 0.15) is 61.8 Å². The van der Waals surface area contributed by atoms with Crippen molar-refractivity contribution in [2.45, 2.75) is 69.3 Å². The molecule has 1 aliphatic rings. The van der Waals surface area contributed by atoms with Gasteiger partial charge in [0, 0.05) is 0 Å². The Labute approximate surface area is 161 Å². The molecule has 0 fully saturated rings. The first-order valence-corrected chi connectivity index (χ1v) is 12.4. The number of hydrogen-bond acceptors (Lipinski definition) is 0. The summed E-state index contributed by atoms with van der Waals surface area (Å²) in [5.41, 5.74) is 0. The number of aromatic amines is 1. The number of nitrogens with one attached hydrogen (secondary N) is 1. The number of halogens is 2. The molecule has 0 aromatic carbocycles. The van der Waals surface area contributed by atoms with E-state index in [-0.39, 0.29) is 32.3 Å². The Bertz CT molecular complexity index is 671. The first-order valence-electron chi connectivity index (χ1n) is 8.46. The van der Waals surface area contributed by atoms with Crippen molar-refractivity contribution in [2.75, 3.05) is 0 Å². The normalized spacial score (nSPS) is 15.5. The number of rotatable bonds is 2. The van der Waals surface area contributed by atoms with E-state index in [2.05, 4.69) is 96.9 Å². The second-order valence-corrected chi connectivity index (χ2v) is 21.2. The zero-order chi connectivity index (χ0) is 16.8. The van der Waals surface area contributed by atoms with Crippen molar-refractivity contribution in [2.24, 2.45) is 0 Å². The average molecular weight is 408 g/mol. The van der Waals surface area contributed by atoms with Crippen LogP contribution in [-0.2, 0) is 14.8 Å². The minimum atomic E-state index is -3.51. The maximum absolute atomic E-state index is 3.69. The van der Waals surface area contributed by atoms with Crippen molar-refractivity contribution >= 4 is 32.6 Å². The van der Waals surface area contributed by atoms with Crippen LogP contribution in [0.15, 0.2) is 40.4 Å². The van der Waals surface area contributed by atoms with Crippen LogP contribution in [0.5, 0.6) is 0 Å². The van der Waals surface area contributed by atoms with Gasteiger partial charge in [-0.2, -0.15) is 0 Å². The Morgan fingerprint density at radius 3 is 1.83 bits per heavy atom. The van der Waals surface area contributed by atoms with E-state index in [1.54, 1.807) is 7.69 Å². The Morgan fingerprint density at radius 2 is 1.54 bits per heavy atom. The number of aromatic nitrogens is 1. The topological polar surface area (TPSA) is 15.8 Å². The average Bonchev–Trinajstić information content (AvgIpc) is 2.97. The molecule has 0 unspecified atom stereocenters. The van der Waals surface area contributed by atoms with Crippen molar-refractivity contribution < 1.29 is 14.8 Å². The number of hydrogen-bond donors (Lipinski definition) is 1. The molecule has 1 aliphatic carbocycles. The summed E-state index contributed by atoms with van der Waals surface area (Å²) in [6, 6.07) is 4.54. The van der Waals surface area contributed by atoms with E-state index >= 15 is 0 Å². The summed E-state index contributed by atoms with van der Waals surface area (Å²) in [6.45, 7) is 19.6. The molecular weight excluding hydrogens is 373 g/mol. The van der Waals surface area contributed by atoms with Gasteiger partial charge in [-0.1, -0.05) is 0 Å². The van der Waals surface area contributed by atoms with Crippen molar-refractivity contribution in [1.82, 2.24) is 4.98 Å². The van der Waals surface area contributed by atoms with Gasteiger partial charge in [0.25, 0.3) is 0 Å². The molecule has 1 nitrogen and oxygen atoms in total. The molecule has 0 radical (unpaired) electrons. The van der Waals surface area contributed by atoms with Gasteiger partial charge in [-0.15, -0.1) is 24.8 Å².